The molecule has 1 aliphatic rings. The molecule has 1 aliphatic carbocycles. The number of thiazole rings is 1. The molecule has 0 aliphatic heterocycles. The molecule has 3 aromatic carbocycles. The predicted octanol–water partition coefficient (Wildman–Crippen LogP) is 2.91. The van der Waals surface area contributed by atoms with Crippen LogP contribution in [0, 0.1) is 0 Å². The monoisotopic (exact) mass is 541 g/mol. The minimum atomic E-state index is -1.84. The van der Waals surface area contributed by atoms with Gasteiger partial charge in [-0.1, -0.05) is 61.0 Å². The summed E-state index contributed by atoms with van der Waals surface area (Å²) in [5, 5.41) is 7.94. The number of benzene rings is 3. The Morgan fingerprint density at radius 3 is 1.60 bits per heavy atom. The highest BCUT2D eigenvalue weighted by Gasteiger charge is 2.46. The molecule has 0 bridgehead atoms. The van der Waals surface area contributed by atoms with Crippen LogP contribution in [0.25, 0.3) is 0 Å². The summed E-state index contributed by atoms with van der Waals surface area (Å²) in [7, 11) is -1.84. The van der Waals surface area contributed by atoms with E-state index in [0.29, 0.717) is 5.92 Å². The van der Waals surface area contributed by atoms with Gasteiger partial charge in [-0.05, 0) is 49.2 Å². The maximum atomic E-state index is 5.14. The minimum absolute atomic E-state index is 0. The fourth-order valence-electron chi connectivity index (χ4n) is 4.25. The molecule has 0 amide bonds. The van der Waals surface area contributed by atoms with E-state index in [-0.39, 0.29) is 24.0 Å². The van der Waals surface area contributed by atoms with Gasteiger partial charge in [0, 0.05) is 11.3 Å². The van der Waals surface area contributed by atoms with Crippen molar-refractivity contribution >= 4 is 34.5 Å². The third kappa shape index (κ3) is 4.12. The molecule has 152 valence electrons. The van der Waals surface area contributed by atoms with Crippen LogP contribution in [0.5, 0.6) is 0 Å². The lowest BCUT2D eigenvalue weighted by Crippen LogP contribution is -3.00. The lowest BCUT2D eigenvalue weighted by atomic mass is 9.86. The van der Waals surface area contributed by atoms with Gasteiger partial charge in [0.25, 0.3) is 0 Å². The summed E-state index contributed by atoms with van der Waals surface area (Å²) in [5.74, 6) is 0.701. The third-order valence-electron chi connectivity index (χ3n) is 6.01. The second-order valence-electron chi connectivity index (χ2n) is 7.78. The molecule has 4 heteroatoms. The highest BCUT2D eigenvalue weighted by molar-refractivity contribution is 7.95. The number of nitrogens with zero attached hydrogens (tertiary/aromatic N) is 1. The van der Waals surface area contributed by atoms with Crippen molar-refractivity contribution in [2.24, 2.45) is 0 Å². The van der Waals surface area contributed by atoms with Crippen molar-refractivity contribution in [2.75, 3.05) is 0 Å². The summed E-state index contributed by atoms with van der Waals surface area (Å²) in [6.45, 7) is 0. The zero-order valence-electron chi connectivity index (χ0n) is 16.8. The van der Waals surface area contributed by atoms with Crippen LogP contribution in [0.4, 0.5) is 0 Å². The standard InChI is InChI=1S/C26H25NPS.HI/c1-4-13-23(14-5-1)28(24-15-6-2-7-16-24,25-17-8-3-9-18-25)19-22-20-29-26(27-22)21-11-10-12-21;/h1-9,13-18,20-21H,10-12,19H2;1H/q+1;/p-1. The highest BCUT2D eigenvalue weighted by Crippen LogP contribution is 2.58. The van der Waals surface area contributed by atoms with Gasteiger partial charge in [0.1, 0.15) is 29.3 Å². The van der Waals surface area contributed by atoms with Crippen LogP contribution in [0.2, 0.25) is 0 Å². The van der Waals surface area contributed by atoms with E-state index in [2.05, 4.69) is 96.4 Å². The zero-order valence-corrected chi connectivity index (χ0v) is 20.7. The third-order valence-corrected chi connectivity index (χ3v) is 11.4. The van der Waals surface area contributed by atoms with Gasteiger partial charge in [0.2, 0.25) is 0 Å². The quantitative estimate of drug-likeness (QED) is 0.271. The SMILES string of the molecule is [I-].c1ccc([P+](Cc2csc(C3CCC3)n2)(c2ccccc2)c2ccccc2)cc1. The number of rotatable bonds is 6. The molecule has 0 unspecified atom stereocenters. The molecular formula is C26H25INPS. The second kappa shape index (κ2) is 9.72. The Morgan fingerprint density at radius 1 is 0.733 bits per heavy atom. The number of hydrogen-bond acceptors (Lipinski definition) is 2. The van der Waals surface area contributed by atoms with Crippen LogP contribution in [-0.2, 0) is 6.16 Å². The van der Waals surface area contributed by atoms with Crippen LogP contribution >= 0.6 is 18.6 Å². The number of halogens is 1. The topological polar surface area (TPSA) is 12.9 Å². The summed E-state index contributed by atoms with van der Waals surface area (Å²) >= 11 is 1.87. The molecule has 0 N–H and O–H groups in total. The van der Waals surface area contributed by atoms with Crippen molar-refractivity contribution < 1.29 is 24.0 Å². The molecule has 1 aromatic heterocycles. The lowest BCUT2D eigenvalue weighted by molar-refractivity contribution is -0.00000569. The smallest absolute Gasteiger partial charge is 0.118 e. The van der Waals surface area contributed by atoms with Gasteiger partial charge in [-0.25, -0.2) is 4.98 Å². The van der Waals surface area contributed by atoms with E-state index >= 15 is 0 Å². The zero-order chi connectivity index (χ0) is 19.5. The maximum absolute atomic E-state index is 5.14. The first-order valence-corrected chi connectivity index (χ1v) is 13.2. The summed E-state index contributed by atoms with van der Waals surface area (Å²) in [6.07, 6.45) is 4.95. The van der Waals surface area contributed by atoms with Gasteiger partial charge < -0.3 is 24.0 Å². The average molecular weight is 541 g/mol. The molecule has 0 radical (unpaired) electrons. The lowest BCUT2D eigenvalue weighted by Gasteiger charge is -2.27. The molecule has 30 heavy (non-hydrogen) atoms. The first kappa shape index (κ1) is 21.7. The Morgan fingerprint density at radius 2 is 1.20 bits per heavy atom. The van der Waals surface area contributed by atoms with Gasteiger partial charge in [-0.15, -0.1) is 11.3 Å². The van der Waals surface area contributed by atoms with E-state index in [9.17, 15) is 0 Å². The summed E-state index contributed by atoms with van der Waals surface area (Å²) in [6, 6.07) is 33.3. The van der Waals surface area contributed by atoms with E-state index < -0.39 is 7.26 Å². The van der Waals surface area contributed by atoms with E-state index in [1.165, 1.54) is 45.9 Å². The summed E-state index contributed by atoms with van der Waals surface area (Å²) in [5.41, 5.74) is 1.25. The van der Waals surface area contributed by atoms with Gasteiger partial charge in [0.15, 0.2) is 0 Å². The van der Waals surface area contributed by atoms with Crippen molar-refractivity contribution in [3.05, 3.63) is 107 Å². The molecule has 1 saturated carbocycles. The molecule has 0 spiro atoms. The summed E-state index contributed by atoms with van der Waals surface area (Å²) in [4.78, 5) is 5.14. The van der Waals surface area contributed by atoms with E-state index in [1.54, 1.807) is 0 Å². The molecular weight excluding hydrogens is 516 g/mol. The van der Waals surface area contributed by atoms with Crippen LogP contribution < -0.4 is 39.9 Å². The molecule has 0 atom stereocenters. The Kier molecular flexibility index (Phi) is 7.02. The van der Waals surface area contributed by atoms with Gasteiger partial charge in [0.05, 0.1) is 10.7 Å². The largest absolute Gasteiger partial charge is 1.00 e. The molecule has 0 saturated heterocycles. The minimum Gasteiger partial charge on any atom is -1.00 e. The van der Waals surface area contributed by atoms with Crippen LogP contribution in [0.1, 0.15) is 35.9 Å². The van der Waals surface area contributed by atoms with Crippen molar-refractivity contribution in [1.82, 2.24) is 4.98 Å². The fraction of sp³-hybridized carbons (Fsp3) is 0.192. The van der Waals surface area contributed by atoms with E-state index in [1.807, 2.05) is 11.3 Å². The van der Waals surface area contributed by atoms with Gasteiger partial charge in [-0.3, -0.25) is 0 Å². The van der Waals surface area contributed by atoms with Crippen LogP contribution in [0.15, 0.2) is 96.4 Å². The van der Waals surface area contributed by atoms with Crippen LogP contribution in [-0.4, -0.2) is 4.98 Å². The van der Waals surface area contributed by atoms with Gasteiger partial charge >= 0.3 is 0 Å². The Balaban J connectivity index is 0.00000218. The van der Waals surface area contributed by atoms with Crippen molar-refractivity contribution in [1.29, 1.82) is 0 Å². The molecule has 5 rings (SSSR count). The Labute approximate surface area is 201 Å². The molecule has 1 nitrogen and oxygen atoms in total. The fourth-order valence-corrected chi connectivity index (χ4v) is 9.50. The van der Waals surface area contributed by atoms with E-state index in [0.717, 1.165) is 6.16 Å². The van der Waals surface area contributed by atoms with Crippen molar-refractivity contribution in [3.8, 4) is 0 Å². The summed E-state index contributed by atoms with van der Waals surface area (Å²) < 4.78 is 0. The molecule has 1 heterocycles. The molecule has 4 aromatic rings. The normalized spacial score (nSPS) is 14.0. The van der Waals surface area contributed by atoms with Crippen LogP contribution in [0.3, 0.4) is 0 Å². The van der Waals surface area contributed by atoms with E-state index in [4.69, 9.17) is 4.98 Å². The first-order chi connectivity index (χ1) is 14.4. The second-order valence-corrected chi connectivity index (χ2v) is 12.2. The van der Waals surface area contributed by atoms with Crippen molar-refractivity contribution in [3.63, 3.8) is 0 Å². The van der Waals surface area contributed by atoms with Gasteiger partial charge in [-0.2, -0.15) is 0 Å². The Bertz CT molecular complexity index is 965. The average Bonchev–Trinajstić information content (AvgIpc) is 3.20. The number of hydrogen-bond donors (Lipinski definition) is 0. The first-order valence-electron chi connectivity index (χ1n) is 10.4. The number of aromatic nitrogens is 1. The maximum Gasteiger partial charge on any atom is 0.118 e. The van der Waals surface area contributed by atoms with Crippen molar-refractivity contribution in [2.45, 2.75) is 31.3 Å². The highest BCUT2D eigenvalue weighted by atomic mass is 127. The molecule has 1 fully saturated rings. The Hall–Kier alpha value is -1.55. The predicted molar refractivity (Wildman–Crippen MR) is 128 cm³/mol.